The van der Waals surface area contributed by atoms with Gasteiger partial charge in [0.05, 0.1) is 5.92 Å². The van der Waals surface area contributed by atoms with Crippen molar-refractivity contribution in [2.75, 3.05) is 0 Å². The molecule has 3 atom stereocenters. The van der Waals surface area contributed by atoms with Gasteiger partial charge in [-0.05, 0) is 33.6 Å². The number of esters is 1. The van der Waals surface area contributed by atoms with Gasteiger partial charge < -0.3 is 4.74 Å². The lowest BCUT2D eigenvalue weighted by Gasteiger charge is -2.41. The third-order valence-corrected chi connectivity index (χ3v) is 3.83. The van der Waals surface area contributed by atoms with Crippen LogP contribution >= 0.6 is 0 Å². The van der Waals surface area contributed by atoms with Crippen molar-refractivity contribution in [2.45, 2.75) is 60.0 Å². The number of ketones is 2. The van der Waals surface area contributed by atoms with Crippen LogP contribution in [-0.2, 0) is 19.1 Å². The lowest BCUT2D eigenvalue weighted by molar-refractivity contribution is -0.173. The molecule has 0 bridgehead atoms. The van der Waals surface area contributed by atoms with Crippen molar-refractivity contribution >= 4 is 17.5 Å². The van der Waals surface area contributed by atoms with Gasteiger partial charge in [0, 0.05) is 18.3 Å². The summed E-state index contributed by atoms with van der Waals surface area (Å²) in [5.41, 5.74) is -1.52. The molecule has 19 heavy (non-hydrogen) atoms. The zero-order chi connectivity index (χ0) is 15.0. The van der Waals surface area contributed by atoms with E-state index < -0.39 is 16.9 Å². The number of rotatable bonds is 2. The smallest absolute Gasteiger partial charge is 0.310 e. The van der Waals surface area contributed by atoms with Crippen LogP contribution in [0.3, 0.4) is 0 Å². The van der Waals surface area contributed by atoms with Crippen LogP contribution in [-0.4, -0.2) is 23.1 Å². The van der Waals surface area contributed by atoms with E-state index >= 15 is 0 Å². The second-order valence-electron chi connectivity index (χ2n) is 6.88. The van der Waals surface area contributed by atoms with Crippen LogP contribution in [0.2, 0.25) is 0 Å². The van der Waals surface area contributed by atoms with Crippen molar-refractivity contribution < 1.29 is 19.1 Å². The molecule has 0 aromatic carbocycles. The Hall–Kier alpha value is -1.19. The molecule has 0 N–H and O–H groups in total. The Balaban J connectivity index is 3.09. The zero-order valence-electron chi connectivity index (χ0n) is 12.7. The summed E-state index contributed by atoms with van der Waals surface area (Å²) in [4.78, 5) is 36.0. The van der Waals surface area contributed by atoms with Crippen molar-refractivity contribution in [1.82, 2.24) is 0 Å². The summed E-state index contributed by atoms with van der Waals surface area (Å²) in [5, 5.41) is 0. The average molecular weight is 268 g/mol. The lowest BCUT2D eigenvalue weighted by Crippen LogP contribution is -2.49. The molecule has 0 radical (unpaired) electrons. The molecular formula is C15H24O4. The molecule has 1 aliphatic rings. The van der Waals surface area contributed by atoms with Gasteiger partial charge in [-0.1, -0.05) is 13.8 Å². The molecule has 0 heterocycles. The van der Waals surface area contributed by atoms with E-state index in [1.807, 2.05) is 6.92 Å². The maximum Gasteiger partial charge on any atom is 0.310 e. The fourth-order valence-electron chi connectivity index (χ4n) is 2.90. The SMILES string of the molecule is CC(=O)[C@@]1(C)CC(=O)C[C@H](C)[C@H]1C(=O)OC(C)(C)C. The topological polar surface area (TPSA) is 60.4 Å². The first-order valence-corrected chi connectivity index (χ1v) is 6.73. The first kappa shape index (κ1) is 15.9. The Kier molecular flexibility index (Phi) is 4.23. The molecule has 0 aliphatic heterocycles. The minimum Gasteiger partial charge on any atom is -0.460 e. The van der Waals surface area contributed by atoms with Gasteiger partial charge in [-0.15, -0.1) is 0 Å². The molecule has 0 saturated heterocycles. The summed E-state index contributed by atoms with van der Waals surface area (Å²) >= 11 is 0. The van der Waals surface area contributed by atoms with Gasteiger partial charge in [-0.3, -0.25) is 14.4 Å². The van der Waals surface area contributed by atoms with Crippen LogP contribution in [0.5, 0.6) is 0 Å². The molecule has 1 saturated carbocycles. The van der Waals surface area contributed by atoms with Crippen molar-refractivity contribution in [2.24, 2.45) is 17.3 Å². The standard InChI is InChI=1S/C15H24O4/c1-9-7-11(17)8-15(6,10(2)16)12(9)13(18)19-14(3,4)5/h9,12H,7-8H2,1-6H3/t9-,12-,15+/m0/s1. The molecule has 1 aliphatic carbocycles. The minimum atomic E-state index is -0.933. The highest BCUT2D eigenvalue weighted by molar-refractivity contribution is 5.95. The Morgan fingerprint density at radius 1 is 1.32 bits per heavy atom. The predicted molar refractivity (Wildman–Crippen MR) is 71.5 cm³/mol. The van der Waals surface area contributed by atoms with E-state index in [9.17, 15) is 14.4 Å². The van der Waals surface area contributed by atoms with E-state index in [2.05, 4.69) is 0 Å². The first-order chi connectivity index (χ1) is 8.47. The number of carbonyl (C=O) groups is 3. The molecular weight excluding hydrogens is 244 g/mol. The van der Waals surface area contributed by atoms with Crippen molar-refractivity contribution in [3.8, 4) is 0 Å². The van der Waals surface area contributed by atoms with Crippen molar-refractivity contribution in [3.63, 3.8) is 0 Å². The predicted octanol–water partition coefficient (Wildman–Crippen LogP) is 2.54. The highest BCUT2D eigenvalue weighted by atomic mass is 16.6. The molecule has 0 aromatic heterocycles. The third kappa shape index (κ3) is 3.43. The second kappa shape index (κ2) is 5.06. The normalized spacial score (nSPS) is 32.0. The Bertz CT molecular complexity index is 405. The van der Waals surface area contributed by atoms with E-state index in [4.69, 9.17) is 4.74 Å². The molecule has 0 amide bonds. The van der Waals surface area contributed by atoms with Gasteiger partial charge in [0.1, 0.15) is 17.2 Å². The van der Waals surface area contributed by atoms with Crippen LogP contribution < -0.4 is 0 Å². The second-order valence-corrected chi connectivity index (χ2v) is 6.88. The van der Waals surface area contributed by atoms with Crippen LogP contribution in [0.15, 0.2) is 0 Å². The summed E-state index contributed by atoms with van der Waals surface area (Å²) in [6.07, 6.45) is 0.476. The summed E-state index contributed by atoms with van der Waals surface area (Å²) < 4.78 is 5.43. The van der Waals surface area contributed by atoms with E-state index in [0.29, 0.717) is 6.42 Å². The zero-order valence-corrected chi connectivity index (χ0v) is 12.7. The number of hydrogen-bond donors (Lipinski definition) is 0. The minimum absolute atomic E-state index is 0.0463. The first-order valence-electron chi connectivity index (χ1n) is 6.73. The van der Waals surface area contributed by atoms with Gasteiger partial charge in [0.15, 0.2) is 0 Å². The van der Waals surface area contributed by atoms with Crippen LogP contribution in [0.1, 0.15) is 54.4 Å². The summed E-state index contributed by atoms with van der Waals surface area (Å²) in [5.74, 6) is -1.15. The molecule has 4 nitrogen and oxygen atoms in total. The number of ether oxygens (including phenoxy) is 1. The largest absolute Gasteiger partial charge is 0.460 e. The number of hydrogen-bond acceptors (Lipinski definition) is 4. The van der Waals surface area contributed by atoms with Crippen molar-refractivity contribution in [3.05, 3.63) is 0 Å². The molecule has 4 heteroatoms. The van der Waals surface area contributed by atoms with Gasteiger partial charge in [-0.2, -0.15) is 0 Å². The van der Waals surface area contributed by atoms with E-state index in [0.717, 1.165) is 0 Å². The molecule has 1 fully saturated rings. The van der Waals surface area contributed by atoms with Crippen LogP contribution in [0.25, 0.3) is 0 Å². The maximum atomic E-state index is 12.4. The molecule has 0 unspecified atom stereocenters. The van der Waals surface area contributed by atoms with Crippen molar-refractivity contribution in [1.29, 1.82) is 0 Å². The Morgan fingerprint density at radius 2 is 1.84 bits per heavy atom. The fraction of sp³-hybridized carbons (Fsp3) is 0.800. The lowest BCUT2D eigenvalue weighted by atomic mass is 9.61. The van der Waals surface area contributed by atoms with E-state index in [1.165, 1.54) is 6.92 Å². The summed E-state index contributed by atoms with van der Waals surface area (Å²) in [6, 6.07) is 0. The third-order valence-electron chi connectivity index (χ3n) is 3.83. The van der Waals surface area contributed by atoms with Gasteiger partial charge in [0.2, 0.25) is 0 Å². The van der Waals surface area contributed by atoms with Gasteiger partial charge in [-0.25, -0.2) is 0 Å². The van der Waals surface area contributed by atoms with E-state index in [-0.39, 0.29) is 29.9 Å². The monoisotopic (exact) mass is 268 g/mol. The fourth-order valence-corrected chi connectivity index (χ4v) is 2.90. The summed E-state index contributed by atoms with van der Waals surface area (Å²) in [6.45, 7) is 10.4. The number of Topliss-reactive ketones (excluding diaryl/α,β-unsaturated/α-hetero) is 2. The average Bonchev–Trinajstić information content (AvgIpc) is 2.11. The molecule has 1 rings (SSSR count). The maximum absolute atomic E-state index is 12.4. The Morgan fingerprint density at radius 3 is 2.26 bits per heavy atom. The number of carbonyl (C=O) groups excluding carboxylic acids is 3. The quantitative estimate of drug-likeness (QED) is 0.722. The van der Waals surface area contributed by atoms with Crippen LogP contribution in [0, 0.1) is 17.3 Å². The Labute approximate surface area is 114 Å². The highest BCUT2D eigenvalue weighted by Crippen LogP contribution is 2.44. The van der Waals surface area contributed by atoms with E-state index in [1.54, 1.807) is 27.7 Å². The molecule has 108 valence electrons. The highest BCUT2D eigenvalue weighted by Gasteiger charge is 2.51. The van der Waals surface area contributed by atoms with Crippen LogP contribution in [0.4, 0.5) is 0 Å². The van der Waals surface area contributed by atoms with Gasteiger partial charge in [0.25, 0.3) is 0 Å². The van der Waals surface area contributed by atoms with Gasteiger partial charge >= 0.3 is 5.97 Å². The molecule has 0 aromatic rings. The molecule has 0 spiro atoms. The summed E-state index contributed by atoms with van der Waals surface area (Å²) in [7, 11) is 0.